The summed E-state index contributed by atoms with van der Waals surface area (Å²) in [6.45, 7) is 2.34. The van der Waals surface area contributed by atoms with Crippen LogP contribution in [0, 0.1) is 5.92 Å². The lowest BCUT2D eigenvalue weighted by Crippen LogP contribution is -2.41. The SMILES string of the molecule is COc1cnccc1-c1cccc(C(=O)N(CC2CCC2)CC2CCCO2)c1. The van der Waals surface area contributed by atoms with Crippen LogP contribution >= 0.6 is 0 Å². The summed E-state index contributed by atoms with van der Waals surface area (Å²) in [7, 11) is 1.64. The highest BCUT2D eigenvalue weighted by Crippen LogP contribution is 2.31. The van der Waals surface area contributed by atoms with Gasteiger partial charge in [0.2, 0.25) is 0 Å². The van der Waals surface area contributed by atoms with Crippen LogP contribution in [0.3, 0.4) is 0 Å². The van der Waals surface area contributed by atoms with Crippen LogP contribution in [0.2, 0.25) is 0 Å². The summed E-state index contributed by atoms with van der Waals surface area (Å²) in [5.74, 6) is 1.43. The first-order valence-corrected chi connectivity index (χ1v) is 10.2. The third-order valence-corrected chi connectivity index (χ3v) is 5.86. The van der Waals surface area contributed by atoms with Crippen LogP contribution in [0.15, 0.2) is 42.7 Å². The summed E-state index contributed by atoms with van der Waals surface area (Å²) in [5.41, 5.74) is 2.62. The molecule has 1 atom stereocenters. The number of rotatable bonds is 7. The molecule has 0 bridgehead atoms. The van der Waals surface area contributed by atoms with Gasteiger partial charge in [-0.15, -0.1) is 0 Å². The third kappa shape index (κ3) is 4.20. The molecule has 1 amide bonds. The molecule has 148 valence electrons. The number of carbonyl (C=O) groups is 1. The molecule has 2 fully saturated rings. The molecular formula is C23H28N2O3. The molecule has 1 aliphatic heterocycles. The smallest absolute Gasteiger partial charge is 0.253 e. The molecule has 1 saturated carbocycles. The standard InChI is InChI=1S/C23H28N2O3/c1-27-22-14-24-11-10-21(22)18-7-3-8-19(13-18)23(26)25(15-17-5-2-6-17)16-20-9-4-12-28-20/h3,7-8,10-11,13-14,17,20H,2,4-6,9,12,15-16H2,1H3. The summed E-state index contributed by atoms with van der Waals surface area (Å²) >= 11 is 0. The fraction of sp³-hybridized carbons (Fsp3) is 0.478. The van der Waals surface area contributed by atoms with Crippen molar-refractivity contribution in [1.82, 2.24) is 9.88 Å². The minimum atomic E-state index is 0.0947. The number of hydrogen-bond acceptors (Lipinski definition) is 4. The van der Waals surface area contributed by atoms with E-state index in [0.29, 0.717) is 23.8 Å². The minimum Gasteiger partial charge on any atom is -0.494 e. The highest BCUT2D eigenvalue weighted by molar-refractivity contribution is 5.95. The van der Waals surface area contributed by atoms with Gasteiger partial charge < -0.3 is 14.4 Å². The van der Waals surface area contributed by atoms with Crippen LogP contribution in [-0.4, -0.2) is 48.7 Å². The molecular weight excluding hydrogens is 352 g/mol. The fourth-order valence-electron chi connectivity index (χ4n) is 4.04. The number of amides is 1. The first-order valence-electron chi connectivity index (χ1n) is 10.2. The average Bonchev–Trinajstić information content (AvgIpc) is 3.22. The van der Waals surface area contributed by atoms with Crippen LogP contribution < -0.4 is 4.74 Å². The van der Waals surface area contributed by atoms with Crippen molar-refractivity contribution >= 4 is 5.91 Å². The van der Waals surface area contributed by atoms with Gasteiger partial charge in [-0.25, -0.2) is 0 Å². The first-order chi connectivity index (χ1) is 13.7. The molecule has 1 aromatic carbocycles. The van der Waals surface area contributed by atoms with Gasteiger partial charge in [0.25, 0.3) is 5.91 Å². The summed E-state index contributed by atoms with van der Waals surface area (Å²) < 4.78 is 11.2. The number of pyridine rings is 1. The van der Waals surface area contributed by atoms with Gasteiger partial charge in [-0.1, -0.05) is 18.6 Å². The van der Waals surface area contributed by atoms with Gasteiger partial charge in [0.05, 0.1) is 19.4 Å². The monoisotopic (exact) mass is 380 g/mol. The fourth-order valence-corrected chi connectivity index (χ4v) is 4.04. The Balaban J connectivity index is 1.57. The normalized spacial score (nSPS) is 19.2. The van der Waals surface area contributed by atoms with E-state index in [1.165, 1.54) is 19.3 Å². The molecule has 2 aliphatic rings. The van der Waals surface area contributed by atoms with E-state index < -0.39 is 0 Å². The molecule has 5 heteroatoms. The Hall–Kier alpha value is -2.40. The third-order valence-electron chi connectivity index (χ3n) is 5.86. The lowest BCUT2D eigenvalue weighted by molar-refractivity contribution is 0.0448. The average molecular weight is 380 g/mol. The Morgan fingerprint density at radius 3 is 2.82 bits per heavy atom. The van der Waals surface area contributed by atoms with Crippen LogP contribution in [0.1, 0.15) is 42.5 Å². The van der Waals surface area contributed by atoms with Gasteiger partial charge in [0.1, 0.15) is 5.75 Å². The molecule has 1 aliphatic carbocycles. The van der Waals surface area contributed by atoms with Gasteiger partial charge in [-0.2, -0.15) is 0 Å². The zero-order chi connectivity index (χ0) is 19.3. The second kappa shape index (κ2) is 8.74. The van der Waals surface area contributed by atoms with E-state index in [4.69, 9.17) is 9.47 Å². The van der Waals surface area contributed by atoms with E-state index in [2.05, 4.69) is 4.98 Å². The molecule has 1 saturated heterocycles. The Labute approximate surface area is 166 Å². The van der Waals surface area contributed by atoms with Crippen LogP contribution in [0.25, 0.3) is 11.1 Å². The summed E-state index contributed by atoms with van der Waals surface area (Å²) in [5, 5.41) is 0. The number of nitrogens with zero attached hydrogens (tertiary/aromatic N) is 2. The van der Waals surface area contributed by atoms with Crippen molar-refractivity contribution in [3.63, 3.8) is 0 Å². The Morgan fingerprint density at radius 2 is 2.11 bits per heavy atom. The first kappa shape index (κ1) is 18.9. The molecule has 1 unspecified atom stereocenters. The summed E-state index contributed by atoms with van der Waals surface area (Å²) in [6.07, 6.45) is 9.48. The van der Waals surface area contributed by atoms with E-state index in [1.54, 1.807) is 19.5 Å². The molecule has 0 spiro atoms. The van der Waals surface area contributed by atoms with E-state index in [9.17, 15) is 4.79 Å². The van der Waals surface area contributed by atoms with E-state index in [1.807, 2.05) is 35.2 Å². The van der Waals surface area contributed by atoms with Gasteiger partial charge in [-0.05, 0) is 55.4 Å². The largest absolute Gasteiger partial charge is 0.494 e. The highest BCUT2D eigenvalue weighted by Gasteiger charge is 2.28. The van der Waals surface area contributed by atoms with Crippen molar-refractivity contribution in [2.45, 2.75) is 38.2 Å². The number of methoxy groups -OCH3 is 1. The lowest BCUT2D eigenvalue weighted by atomic mass is 9.85. The molecule has 5 nitrogen and oxygen atoms in total. The van der Waals surface area contributed by atoms with Crippen LogP contribution in [0.5, 0.6) is 5.75 Å². The van der Waals surface area contributed by atoms with Crippen molar-refractivity contribution in [2.75, 3.05) is 26.8 Å². The van der Waals surface area contributed by atoms with E-state index >= 15 is 0 Å². The predicted molar refractivity (Wildman–Crippen MR) is 108 cm³/mol. The van der Waals surface area contributed by atoms with Crippen LogP contribution in [0.4, 0.5) is 0 Å². The molecule has 0 radical (unpaired) electrons. The zero-order valence-corrected chi connectivity index (χ0v) is 16.5. The maximum atomic E-state index is 13.4. The van der Waals surface area contributed by atoms with Crippen molar-refractivity contribution in [2.24, 2.45) is 5.92 Å². The Kier molecular flexibility index (Phi) is 5.91. The quantitative estimate of drug-likeness (QED) is 0.723. The van der Waals surface area contributed by atoms with Gasteiger partial charge >= 0.3 is 0 Å². The zero-order valence-electron chi connectivity index (χ0n) is 16.5. The van der Waals surface area contributed by atoms with E-state index in [0.717, 1.165) is 37.1 Å². The summed E-state index contributed by atoms with van der Waals surface area (Å²) in [4.78, 5) is 19.5. The maximum Gasteiger partial charge on any atom is 0.253 e. The lowest BCUT2D eigenvalue weighted by Gasteiger charge is -2.33. The summed E-state index contributed by atoms with van der Waals surface area (Å²) in [6, 6.07) is 9.73. The number of aromatic nitrogens is 1. The second-order valence-corrected chi connectivity index (χ2v) is 7.80. The highest BCUT2D eigenvalue weighted by atomic mass is 16.5. The van der Waals surface area contributed by atoms with E-state index in [-0.39, 0.29) is 12.0 Å². The van der Waals surface area contributed by atoms with Gasteiger partial charge in [0.15, 0.2) is 0 Å². The van der Waals surface area contributed by atoms with Crippen LogP contribution in [-0.2, 0) is 4.74 Å². The Morgan fingerprint density at radius 1 is 1.21 bits per heavy atom. The number of ether oxygens (including phenoxy) is 2. The molecule has 2 aromatic rings. The molecule has 1 aromatic heterocycles. The molecule has 0 N–H and O–H groups in total. The number of benzene rings is 1. The topological polar surface area (TPSA) is 51.7 Å². The second-order valence-electron chi connectivity index (χ2n) is 7.80. The Bertz CT molecular complexity index is 813. The maximum absolute atomic E-state index is 13.4. The van der Waals surface area contributed by atoms with Gasteiger partial charge in [0, 0.05) is 37.0 Å². The van der Waals surface area contributed by atoms with Crippen molar-refractivity contribution in [1.29, 1.82) is 0 Å². The van der Waals surface area contributed by atoms with Crippen molar-refractivity contribution in [3.05, 3.63) is 48.3 Å². The molecule has 2 heterocycles. The van der Waals surface area contributed by atoms with Crippen molar-refractivity contribution < 1.29 is 14.3 Å². The molecule has 4 rings (SSSR count). The number of hydrogen-bond donors (Lipinski definition) is 0. The minimum absolute atomic E-state index is 0.0947. The van der Waals surface area contributed by atoms with Gasteiger partial charge in [-0.3, -0.25) is 9.78 Å². The van der Waals surface area contributed by atoms with Crippen molar-refractivity contribution in [3.8, 4) is 16.9 Å². The molecule has 28 heavy (non-hydrogen) atoms. The number of carbonyl (C=O) groups excluding carboxylic acids is 1. The predicted octanol–water partition coefficient (Wildman–Crippen LogP) is 4.18.